The van der Waals surface area contributed by atoms with E-state index in [0.29, 0.717) is 25.2 Å². The van der Waals surface area contributed by atoms with Crippen LogP contribution in [0, 0.1) is 6.92 Å². The molecule has 0 N–H and O–H groups in total. The van der Waals surface area contributed by atoms with E-state index >= 15 is 0 Å². The van der Waals surface area contributed by atoms with Crippen LogP contribution in [0.2, 0.25) is 0 Å². The molecule has 0 aliphatic carbocycles. The quantitative estimate of drug-likeness (QED) is 0.712. The highest BCUT2D eigenvalue weighted by atomic mass is 32.2. The Morgan fingerprint density at radius 3 is 2.57 bits per heavy atom. The van der Waals surface area contributed by atoms with E-state index in [4.69, 9.17) is 8.92 Å². The molecule has 8 nitrogen and oxygen atoms in total. The topological polar surface area (TPSA) is 97.6 Å². The maximum Gasteiger partial charge on any atom is 0.410 e. The average Bonchev–Trinajstić information content (AvgIpc) is 3.01. The molecule has 0 bridgehead atoms. The fourth-order valence-electron chi connectivity index (χ4n) is 3.00. The van der Waals surface area contributed by atoms with Crippen molar-refractivity contribution in [2.45, 2.75) is 50.7 Å². The van der Waals surface area contributed by atoms with Gasteiger partial charge in [-0.25, -0.2) is 4.79 Å². The van der Waals surface area contributed by atoms with Crippen LogP contribution in [0.1, 0.15) is 32.8 Å². The van der Waals surface area contributed by atoms with E-state index in [1.54, 1.807) is 17.0 Å². The van der Waals surface area contributed by atoms with Gasteiger partial charge in [0.2, 0.25) is 0 Å². The van der Waals surface area contributed by atoms with Crippen LogP contribution in [0.3, 0.4) is 0 Å². The SMILES string of the molecule is Cc1ccc(S(=O)(=O)OCC2=C3CCN(C(=O)OC(C)(C)C)CC3N=N2)cc1. The van der Waals surface area contributed by atoms with Crippen molar-refractivity contribution in [3.63, 3.8) is 0 Å². The monoisotopic (exact) mass is 407 g/mol. The number of carbonyl (C=O) groups is 1. The summed E-state index contributed by atoms with van der Waals surface area (Å²) in [5.41, 5.74) is 1.84. The van der Waals surface area contributed by atoms with E-state index in [-0.39, 0.29) is 23.6 Å². The number of piperidine rings is 1. The lowest BCUT2D eigenvalue weighted by atomic mass is 9.98. The first-order valence-electron chi connectivity index (χ1n) is 9.12. The van der Waals surface area contributed by atoms with E-state index in [1.165, 1.54) is 12.1 Å². The third-order valence-electron chi connectivity index (χ3n) is 4.45. The summed E-state index contributed by atoms with van der Waals surface area (Å²) in [6.45, 7) is 8.00. The minimum atomic E-state index is -3.87. The first-order chi connectivity index (χ1) is 13.0. The molecule has 0 spiro atoms. The number of rotatable bonds is 4. The minimum Gasteiger partial charge on any atom is -0.444 e. The zero-order valence-corrected chi connectivity index (χ0v) is 17.3. The number of benzene rings is 1. The maximum absolute atomic E-state index is 12.3. The van der Waals surface area contributed by atoms with Crippen molar-refractivity contribution in [1.82, 2.24) is 4.90 Å². The van der Waals surface area contributed by atoms with Gasteiger partial charge >= 0.3 is 6.09 Å². The summed E-state index contributed by atoms with van der Waals surface area (Å²) in [5.74, 6) is 0. The van der Waals surface area contributed by atoms with Crippen LogP contribution < -0.4 is 0 Å². The van der Waals surface area contributed by atoms with Crippen molar-refractivity contribution in [1.29, 1.82) is 0 Å². The highest BCUT2D eigenvalue weighted by Crippen LogP contribution is 2.31. The third kappa shape index (κ3) is 4.77. The van der Waals surface area contributed by atoms with Crippen LogP contribution in [0.15, 0.2) is 50.7 Å². The Hall–Kier alpha value is -2.26. The summed E-state index contributed by atoms with van der Waals surface area (Å²) in [5, 5.41) is 8.28. The average molecular weight is 407 g/mol. The number of hydrogen-bond acceptors (Lipinski definition) is 7. The smallest absolute Gasteiger partial charge is 0.410 e. The van der Waals surface area contributed by atoms with Gasteiger partial charge in [-0.2, -0.15) is 18.6 Å². The molecule has 1 saturated heterocycles. The molecule has 0 saturated carbocycles. The Balaban J connectivity index is 1.63. The standard InChI is InChI=1S/C19H25N3O5S/c1-13-5-7-14(8-6-13)28(24,25)26-12-17-15-9-10-22(11-16(15)20-21-17)18(23)27-19(2,3)4/h5-8,16H,9-12H2,1-4H3. The lowest BCUT2D eigenvalue weighted by Crippen LogP contribution is -2.44. The summed E-state index contributed by atoms with van der Waals surface area (Å²) in [6.07, 6.45) is 0.175. The van der Waals surface area contributed by atoms with Crippen molar-refractivity contribution in [2.24, 2.45) is 10.2 Å². The minimum absolute atomic E-state index is 0.106. The van der Waals surface area contributed by atoms with E-state index in [2.05, 4.69) is 10.2 Å². The molecule has 3 rings (SSSR count). The van der Waals surface area contributed by atoms with Gasteiger partial charge in [-0.1, -0.05) is 17.7 Å². The molecule has 1 atom stereocenters. The second kappa shape index (κ2) is 7.63. The molecule has 0 radical (unpaired) electrons. The zero-order valence-electron chi connectivity index (χ0n) is 16.5. The Labute approximate surface area is 165 Å². The predicted molar refractivity (Wildman–Crippen MR) is 102 cm³/mol. The molecule has 2 heterocycles. The van der Waals surface area contributed by atoms with Gasteiger partial charge < -0.3 is 9.64 Å². The van der Waals surface area contributed by atoms with Crippen molar-refractivity contribution in [3.8, 4) is 0 Å². The molecular weight excluding hydrogens is 382 g/mol. The van der Waals surface area contributed by atoms with Gasteiger partial charge in [0.1, 0.15) is 18.2 Å². The number of amides is 1. The van der Waals surface area contributed by atoms with E-state index < -0.39 is 15.7 Å². The zero-order chi connectivity index (χ0) is 20.5. The molecule has 152 valence electrons. The maximum atomic E-state index is 12.3. The Morgan fingerprint density at radius 2 is 1.93 bits per heavy atom. The molecule has 2 aliphatic heterocycles. The number of likely N-dealkylation sites (tertiary alicyclic amines) is 1. The molecule has 1 fully saturated rings. The summed E-state index contributed by atoms with van der Waals surface area (Å²) >= 11 is 0. The third-order valence-corrected chi connectivity index (χ3v) is 5.72. The fraction of sp³-hybridized carbons (Fsp3) is 0.526. The van der Waals surface area contributed by atoms with Gasteiger partial charge in [0.25, 0.3) is 10.1 Å². The number of carbonyl (C=O) groups excluding carboxylic acids is 1. The van der Waals surface area contributed by atoms with Crippen molar-refractivity contribution in [2.75, 3.05) is 19.7 Å². The summed E-state index contributed by atoms with van der Waals surface area (Å²) in [4.78, 5) is 13.9. The lowest BCUT2D eigenvalue weighted by molar-refractivity contribution is 0.0226. The highest BCUT2D eigenvalue weighted by Gasteiger charge is 2.34. The van der Waals surface area contributed by atoms with Crippen LogP contribution in [-0.2, 0) is 19.0 Å². The molecule has 9 heteroatoms. The van der Waals surface area contributed by atoms with Crippen LogP contribution in [0.4, 0.5) is 4.79 Å². The van der Waals surface area contributed by atoms with Crippen LogP contribution in [0.5, 0.6) is 0 Å². The molecule has 0 aromatic heterocycles. The highest BCUT2D eigenvalue weighted by molar-refractivity contribution is 7.86. The second-order valence-corrected chi connectivity index (χ2v) is 9.52. The number of ether oxygens (including phenoxy) is 1. The van der Waals surface area contributed by atoms with Crippen molar-refractivity contribution >= 4 is 16.2 Å². The largest absolute Gasteiger partial charge is 0.444 e. The van der Waals surface area contributed by atoms with Crippen LogP contribution in [-0.4, -0.2) is 50.8 Å². The van der Waals surface area contributed by atoms with Gasteiger partial charge in [0.15, 0.2) is 0 Å². The summed E-state index contributed by atoms with van der Waals surface area (Å²) in [6, 6.07) is 6.19. The van der Waals surface area contributed by atoms with Gasteiger partial charge in [-0.05, 0) is 51.8 Å². The molecule has 1 unspecified atom stereocenters. The Kier molecular flexibility index (Phi) is 5.58. The Morgan fingerprint density at radius 1 is 1.25 bits per heavy atom. The Bertz CT molecular complexity index is 914. The van der Waals surface area contributed by atoms with Crippen LogP contribution >= 0.6 is 0 Å². The predicted octanol–water partition coefficient (Wildman–Crippen LogP) is 3.43. The van der Waals surface area contributed by atoms with E-state index in [9.17, 15) is 13.2 Å². The molecule has 2 aliphatic rings. The van der Waals surface area contributed by atoms with E-state index in [0.717, 1.165) is 11.1 Å². The first kappa shape index (κ1) is 20.5. The summed E-state index contributed by atoms with van der Waals surface area (Å²) in [7, 11) is -3.87. The summed E-state index contributed by atoms with van der Waals surface area (Å²) < 4.78 is 35.3. The van der Waals surface area contributed by atoms with Gasteiger partial charge in [0, 0.05) is 6.54 Å². The van der Waals surface area contributed by atoms with E-state index in [1.807, 2.05) is 27.7 Å². The molecule has 28 heavy (non-hydrogen) atoms. The normalized spacial score (nSPS) is 19.7. The van der Waals surface area contributed by atoms with Crippen LogP contribution in [0.25, 0.3) is 0 Å². The van der Waals surface area contributed by atoms with Gasteiger partial charge in [0.05, 0.1) is 17.1 Å². The number of aryl methyl sites for hydroxylation is 1. The fourth-order valence-corrected chi connectivity index (χ4v) is 3.87. The number of nitrogens with zero attached hydrogens (tertiary/aromatic N) is 3. The van der Waals surface area contributed by atoms with Gasteiger partial charge in [-0.15, -0.1) is 0 Å². The molecule has 1 amide bonds. The number of fused-ring (bicyclic) bond motifs is 1. The molecule has 1 aromatic carbocycles. The second-order valence-electron chi connectivity index (χ2n) is 7.91. The first-order valence-corrected chi connectivity index (χ1v) is 10.5. The van der Waals surface area contributed by atoms with Crippen molar-refractivity contribution < 1.29 is 22.1 Å². The number of hydrogen-bond donors (Lipinski definition) is 0. The lowest BCUT2D eigenvalue weighted by Gasteiger charge is -2.32. The van der Waals surface area contributed by atoms with Gasteiger partial charge in [-0.3, -0.25) is 4.18 Å². The number of azo groups is 1. The van der Waals surface area contributed by atoms with Crippen molar-refractivity contribution in [3.05, 3.63) is 41.1 Å². The molecule has 1 aromatic rings. The molecular formula is C19H25N3O5S.